The zero-order valence-corrected chi connectivity index (χ0v) is 7.99. The highest BCUT2D eigenvalue weighted by molar-refractivity contribution is 6.22. The monoisotopic (exact) mass is 175 g/mol. The summed E-state index contributed by atoms with van der Waals surface area (Å²) in [5, 5.41) is 8.53. The largest absolute Gasteiger partial charge is 0.375 e. The van der Waals surface area contributed by atoms with Crippen molar-refractivity contribution in [3.63, 3.8) is 0 Å². The summed E-state index contributed by atoms with van der Waals surface area (Å²) in [5.41, 5.74) is 0. The van der Waals surface area contributed by atoms with E-state index in [-0.39, 0.29) is 0 Å². The quantitative estimate of drug-likeness (QED) is 0.608. The Morgan fingerprint density at radius 2 is 1.82 bits per heavy atom. The summed E-state index contributed by atoms with van der Waals surface area (Å²) < 4.78 is 0. The molecule has 0 atom stereocenters. The number of aliphatic hydroxyl groups is 1. The van der Waals surface area contributed by atoms with Crippen LogP contribution in [0.1, 0.15) is 39.5 Å². The highest BCUT2D eigenvalue weighted by atomic mass is 35.5. The first-order valence-corrected chi connectivity index (χ1v) is 4.60. The molecule has 0 aromatic rings. The molecule has 65 valence electrons. The van der Waals surface area contributed by atoms with Gasteiger partial charge in [0.1, 0.15) is 5.06 Å². The lowest BCUT2D eigenvalue weighted by Crippen LogP contribution is -2.29. The summed E-state index contributed by atoms with van der Waals surface area (Å²) in [7, 11) is 0. The van der Waals surface area contributed by atoms with Gasteiger partial charge in [0.25, 0.3) is 0 Å². The summed E-state index contributed by atoms with van der Waals surface area (Å²) in [4.78, 5) is 0. The van der Waals surface area contributed by atoms with Crippen LogP contribution in [0.2, 0.25) is 0 Å². The van der Waals surface area contributed by atoms with Crippen LogP contribution in [0.3, 0.4) is 0 Å². The first-order valence-electron chi connectivity index (χ1n) is 4.22. The number of halogens is 1. The summed E-state index contributed by atoms with van der Waals surface area (Å²) in [6.45, 7) is 4.31. The van der Waals surface area contributed by atoms with Gasteiger partial charge in [-0.3, -0.25) is 0 Å². The van der Waals surface area contributed by atoms with E-state index in [0.29, 0.717) is 5.92 Å². The highest BCUT2D eigenvalue weighted by Crippen LogP contribution is 2.38. The fourth-order valence-corrected chi connectivity index (χ4v) is 1.86. The molecule has 1 fully saturated rings. The van der Waals surface area contributed by atoms with Gasteiger partial charge in [0.05, 0.1) is 0 Å². The van der Waals surface area contributed by atoms with E-state index in [9.17, 15) is 5.11 Å². The van der Waals surface area contributed by atoms with Crippen LogP contribution >= 0.6 is 11.6 Å². The standard InChI is InChI=1S/C9H16ClO/c1-7(2)8-3-5-9(10,11)6-4-8/h8,11H,3-6H2,1-2H3. The third-order valence-electron chi connectivity index (χ3n) is 2.57. The smallest absolute Gasteiger partial charge is 0.138 e. The molecule has 11 heavy (non-hydrogen) atoms. The first kappa shape index (κ1) is 9.34. The first-order chi connectivity index (χ1) is 5.01. The Bertz CT molecular complexity index is 122. The Morgan fingerprint density at radius 1 is 1.36 bits per heavy atom. The van der Waals surface area contributed by atoms with E-state index in [2.05, 4.69) is 13.8 Å². The van der Waals surface area contributed by atoms with Crippen LogP contribution in [0.15, 0.2) is 0 Å². The van der Waals surface area contributed by atoms with Crippen LogP contribution in [0.4, 0.5) is 0 Å². The SMILES string of the molecule is C[C](C)C1CCC(O)(Cl)CC1. The second-order valence-electron chi connectivity index (χ2n) is 3.77. The van der Waals surface area contributed by atoms with Gasteiger partial charge in [-0.05, 0) is 37.5 Å². The predicted molar refractivity (Wildman–Crippen MR) is 47.4 cm³/mol. The van der Waals surface area contributed by atoms with Crippen LogP contribution in [-0.2, 0) is 0 Å². The molecule has 0 bridgehead atoms. The van der Waals surface area contributed by atoms with Gasteiger partial charge in [-0.25, -0.2) is 0 Å². The van der Waals surface area contributed by atoms with E-state index in [4.69, 9.17) is 11.6 Å². The molecule has 0 aromatic heterocycles. The Morgan fingerprint density at radius 3 is 2.18 bits per heavy atom. The van der Waals surface area contributed by atoms with Crippen molar-refractivity contribution in [1.29, 1.82) is 0 Å². The minimum Gasteiger partial charge on any atom is -0.375 e. The molecule has 1 radical (unpaired) electrons. The fraction of sp³-hybridized carbons (Fsp3) is 0.889. The number of alkyl halides is 1. The molecular weight excluding hydrogens is 160 g/mol. The minimum atomic E-state index is -0.897. The molecular formula is C9H16ClO. The summed E-state index contributed by atoms with van der Waals surface area (Å²) in [6.07, 6.45) is 3.57. The molecule has 1 nitrogen and oxygen atoms in total. The van der Waals surface area contributed by atoms with Gasteiger partial charge in [-0.2, -0.15) is 0 Å². The lowest BCUT2D eigenvalue weighted by Gasteiger charge is -2.32. The van der Waals surface area contributed by atoms with Crippen LogP contribution in [0.5, 0.6) is 0 Å². The number of rotatable bonds is 1. The average molecular weight is 176 g/mol. The van der Waals surface area contributed by atoms with E-state index in [0.717, 1.165) is 25.7 Å². The van der Waals surface area contributed by atoms with Crippen molar-refractivity contribution in [2.24, 2.45) is 5.92 Å². The third-order valence-corrected chi connectivity index (χ3v) is 2.95. The van der Waals surface area contributed by atoms with Gasteiger partial charge < -0.3 is 5.11 Å². The Kier molecular flexibility index (Phi) is 2.82. The molecule has 0 spiro atoms. The molecule has 0 saturated heterocycles. The maximum atomic E-state index is 9.43. The normalized spacial score (nSPS) is 39.5. The summed E-state index contributed by atoms with van der Waals surface area (Å²) >= 11 is 5.79. The highest BCUT2D eigenvalue weighted by Gasteiger charge is 2.31. The molecule has 1 N–H and O–H groups in total. The zero-order chi connectivity index (χ0) is 8.48. The fourth-order valence-electron chi connectivity index (χ4n) is 1.64. The van der Waals surface area contributed by atoms with Gasteiger partial charge in [0, 0.05) is 0 Å². The molecule has 1 rings (SSSR count). The lowest BCUT2D eigenvalue weighted by atomic mass is 9.80. The van der Waals surface area contributed by atoms with Crippen LogP contribution in [0.25, 0.3) is 0 Å². The van der Waals surface area contributed by atoms with E-state index in [1.54, 1.807) is 0 Å². The average Bonchev–Trinajstić information content (AvgIpc) is 1.86. The Balaban J connectivity index is 2.36. The molecule has 0 amide bonds. The molecule has 0 aliphatic heterocycles. The lowest BCUT2D eigenvalue weighted by molar-refractivity contribution is 0.0707. The molecule has 1 saturated carbocycles. The van der Waals surface area contributed by atoms with Crippen molar-refractivity contribution in [3.05, 3.63) is 5.92 Å². The second-order valence-corrected chi connectivity index (χ2v) is 4.47. The van der Waals surface area contributed by atoms with Gasteiger partial charge in [-0.15, -0.1) is 0 Å². The van der Waals surface area contributed by atoms with E-state index in [1.807, 2.05) is 0 Å². The van der Waals surface area contributed by atoms with Gasteiger partial charge in [-0.1, -0.05) is 25.4 Å². The van der Waals surface area contributed by atoms with Gasteiger partial charge in [0.2, 0.25) is 0 Å². The molecule has 1 aliphatic rings. The van der Waals surface area contributed by atoms with Crippen molar-refractivity contribution < 1.29 is 5.11 Å². The summed E-state index contributed by atoms with van der Waals surface area (Å²) in [6, 6.07) is 0. The van der Waals surface area contributed by atoms with Crippen LogP contribution in [-0.4, -0.2) is 10.2 Å². The van der Waals surface area contributed by atoms with E-state index >= 15 is 0 Å². The Labute approximate surface area is 73.8 Å². The topological polar surface area (TPSA) is 20.2 Å². The molecule has 0 unspecified atom stereocenters. The predicted octanol–water partition coefficient (Wildman–Crippen LogP) is 2.72. The molecule has 2 heteroatoms. The number of hydrogen-bond acceptors (Lipinski definition) is 1. The third kappa shape index (κ3) is 2.64. The van der Waals surface area contributed by atoms with Gasteiger partial charge in [0.15, 0.2) is 0 Å². The maximum absolute atomic E-state index is 9.43. The van der Waals surface area contributed by atoms with Crippen molar-refractivity contribution in [1.82, 2.24) is 0 Å². The van der Waals surface area contributed by atoms with E-state index in [1.165, 1.54) is 5.92 Å². The van der Waals surface area contributed by atoms with Crippen LogP contribution < -0.4 is 0 Å². The molecule has 0 aromatic carbocycles. The minimum absolute atomic E-state index is 0.689. The zero-order valence-electron chi connectivity index (χ0n) is 7.23. The van der Waals surface area contributed by atoms with Crippen molar-refractivity contribution in [2.75, 3.05) is 0 Å². The van der Waals surface area contributed by atoms with Gasteiger partial charge >= 0.3 is 0 Å². The Hall–Kier alpha value is 0.250. The van der Waals surface area contributed by atoms with Crippen molar-refractivity contribution in [3.8, 4) is 0 Å². The van der Waals surface area contributed by atoms with Crippen molar-refractivity contribution in [2.45, 2.75) is 44.6 Å². The summed E-state index contributed by atoms with van der Waals surface area (Å²) in [5.74, 6) is 2.16. The van der Waals surface area contributed by atoms with E-state index < -0.39 is 5.06 Å². The number of hydrogen-bond donors (Lipinski definition) is 1. The molecule has 1 aliphatic carbocycles. The van der Waals surface area contributed by atoms with Crippen molar-refractivity contribution >= 4 is 11.6 Å². The molecule has 0 heterocycles. The maximum Gasteiger partial charge on any atom is 0.138 e. The van der Waals surface area contributed by atoms with Crippen LogP contribution in [0, 0.1) is 11.8 Å². The second kappa shape index (κ2) is 3.32.